The van der Waals surface area contributed by atoms with Crippen molar-refractivity contribution in [1.82, 2.24) is 5.32 Å². The monoisotopic (exact) mass is 222 g/mol. The summed E-state index contributed by atoms with van der Waals surface area (Å²) in [6.07, 6.45) is 1.37. The van der Waals surface area contributed by atoms with Crippen molar-refractivity contribution in [3.63, 3.8) is 0 Å². The molecule has 3 nitrogen and oxygen atoms in total. The number of nitrogens with two attached hydrogens (primary N) is 1. The van der Waals surface area contributed by atoms with Crippen LogP contribution in [0.5, 0.6) is 0 Å². The minimum absolute atomic E-state index is 0.328. The SMILES string of the molecule is CC(C)OCCCNCc1cccc(N)c1. The molecule has 0 aliphatic heterocycles. The topological polar surface area (TPSA) is 47.3 Å². The van der Waals surface area contributed by atoms with Gasteiger partial charge < -0.3 is 15.8 Å². The van der Waals surface area contributed by atoms with Crippen molar-refractivity contribution in [1.29, 1.82) is 0 Å². The highest BCUT2D eigenvalue weighted by atomic mass is 16.5. The lowest BCUT2D eigenvalue weighted by Gasteiger charge is -2.08. The van der Waals surface area contributed by atoms with Gasteiger partial charge in [0, 0.05) is 18.8 Å². The fraction of sp³-hybridized carbons (Fsp3) is 0.538. The Morgan fingerprint density at radius 1 is 1.38 bits per heavy atom. The third-order valence-electron chi connectivity index (χ3n) is 2.23. The number of ether oxygens (including phenoxy) is 1. The summed E-state index contributed by atoms with van der Waals surface area (Å²) >= 11 is 0. The van der Waals surface area contributed by atoms with Gasteiger partial charge in [0.2, 0.25) is 0 Å². The van der Waals surface area contributed by atoms with Crippen LogP contribution in [0.4, 0.5) is 5.69 Å². The number of nitrogens with one attached hydrogen (secondary N) is 1. The molecule has 90 valence electrons. The molecule has 1 aromatic carbocycles. The van der Waals surface area contributed by atoms with Crippen molar-refractivity contribution >= 4 is 5.69 Å². The van der Waals surface area contributed by atoms with Crippen LogP contribution in [0.1, 0.15) is 25.8 Å². The molecule has 0 heterocycles. The van der Waals surface area contributed by atoms with E-state index in [2.05, 4.69) is 25.2 Å². The van der Waals surface area contributed by atoms with Crippen LogP contribution in [-0.2, 0) is 11.3 Å². The Bertz CT molecular complexity index is 300. The highest BCUT2D eigenvalue weighted by Crippen LogP contribution is 2.05. The van der Waals surface area contributed by atoms with Gasteiger partial charge in [-0.1, -0.05) is 12.1 Å². The van der Waals surface area contributed by atoms with E-state index in [4.69, 9.17) is 10.5 Å². The van der Waals surface area contributed by atoms with Gasteiger partial charge in [-0.2, -0.15) is 0 Å². The lowest BCUT2D eigenvalue weighted by Crippen LogP contribution is -2.17. The molecule has 16 heavy (non-hydrogen) atoms. The number of hydrogen-bond acceptors (Lipinski definition) is 3. The zero-order valence-corrected chi connectivity index (χ0v) is 10.2. The van der Waals surface area contributed by atoms with Crippen LogP contribution in [0.3, 0.4) is 0 Å². The van der Waals surface area contributed by atoms with Crippen LogP contribution in [-0.4, -0.2) is 19.3 Å². The Morgan fingerprint density at radius 3 is 2.88 bits per heavy atom. The van der Waals surface area contributed by atoms with Gasteiger partial charge in [-0.25, -0.2) is 0 Å². The van der Waals surface area contributed by atoms with Crippen LogP contribution >= 0.6 is 0 Å². The standard InChI is InChI=1S/C13H22N2O/c1-11(2)16-8-4-7-15-10-12-5-3-6-13(14)9-12/h3,5-6,9,11,15H,4,7-8,10,14H2,1-2H3. The Morgan fingerprint density at radius 2 is 2.19 bits per heavy atom. The van der Waals surface area contributed by atoms with Crippen molar-refractivity contribution in [3.05, 3.63) is 29.8 Å². The molecule has 0 aliphatic rings. The van der Waals surface area contributed by atoms with Crippen LogP contribution in [0, 0.1) is 0 Å². The summed E-state index contributed by atoms with van der Waals surface area (Å²) in [5.74, 6) is 0. The summed E-state index contributed by atoms with van der Waals surface area (Å²) in [6.45, 7) is 6.77. The number of benzene rings is 1. The summed E-state index contributed by atoms with van der Waals surface area (Å²) in [7, 11) is 0. The molecule has 0 radical (unpaired) electrons. The van der Waals surface area contributed by atoms with E-state index in [0.717, 1.165) is 31.8 Å². The molecule has 3 heteroatoms. The maximum atomic E-state index is 5.70. The maximum absolute atomic E-state index is 5.70. The highest BCUT2D eigenvalue weighted by Gasteiger charge is 1.95. The molecule has 0 atom stereocenters. The molecule has 0 saturated heterocycles. The molecule has 0 aliphatic carbocycles. The van der Waals surface area contributed by atoms with E-state index in [1.165, 1.54) is 5.56 Å². The summed E-state index contributed by atoms with van der Waals surface area (Å²) < 4.78 is 5.45. The summed E-state index contributed by atoms with van der Waals surface area (Å²) in [6, 6.07) is 7.96. The average molecular weight is 222 g/mol. The third kappa shape index (κ3) is 5.73. The minimum atomic E-state index is 0.328. The van der Waals surface area contributed by atoms with E-state index in [-0.39, 0.29) is 0 Å². The molecule has 0 aromatic heterocycles. The number of hydrogen-bond donors (Lipinski definition) is 2. The molecular weight excluding hydrogens is 200 g/mol. The van der Waals surface area contributed by atoms with E-state index in [0.29, 0.717) is 6.10 Å². The number of anilines is 1. The minimum Gasteiger partial charge on any atom is -0.399 e. The Balaban J connectivity index is 2.07. The maximum Gasteiger partial charge on any atom is 0.0518 e. The van der Waals surface area contributed by atoms with E-state index in [1.807, 2.05) is 18.2 Å². The van der Waals surface area contributed by atoms with E-state index < -0.39 is 0 Å². The molecule has 0 unspecified atom stereocenters. The van der Waals surface area contributed by atoms with Crippen molar-refractivity contribution in [3.8, 4) is 0 Å². The normalized spacial score (nSPS) is 10.9. The van der Waals surface area contributed by atoms with Crippen molar-refractivity contribution in [2.24, 2.45) is 0 Å². The van der Waals surface area contributed by atoms with Crippen molar-refractivity contribution in [2.75, 3.05) is 18.9 Å². The summed E-state index contributed by atoms with van der Waals surface area (Å²) in [5.41, 5.74) is 7.74. The predicted molar refractivity (Wildman–Crippen MR) is 68.3 cm³/mol. The quantitative estimate of drug-likeness (QED) is 0.549. The van der Waals surface area contributed by atoms with Gasteiger partial charge >= 0.3 is 0 Å². The van der Waals surface area contributed by atoms with Gasteiger partial charge in [-0.3, -0.25) is 0 Å². The highest BCUT2D eigenvalue weighted by molar-refractivity contribution is 5.40. The summed E-state index contributed by atoms with van der Waals surface area (Å²) in [4.78, 5) is 0. The van der Waals surface area contributed by atoms with Gasteiger partial charge in [0.25, 0.3) is 0 Å². The van der Waals surface area contributed by atoms with E-state index in [1.54, 1.807) is 0 Å². The summed E-state index contributed by atoms with van der Waals surface area (Å²) in [5, 5.41) is 3.37. The first-order chi connectivity index (χ1) is 7.68. The van der Waals surface area contributed by atoms with Gasteiger partial charge in [-0.05, 0) is 44.5 Å². The third-order valence-corrected chi connectivity index (χ3v) is 2.23. The Labute approximate surface area is 98.0 Å². The Hall–Kier alpha value is -1.06. The van der Waals surface area contributed by atoms with Gasteiger partial charge in [0.15, 0.2) is 0 Å². The molecule has 1 aromatic rings. The molecule has 0 bridgehead atoms. The largest absolute Gasteiger partial charge is 0.399 e. The second-order valence-electron chi connectivity index (χ2n) is 4.19. The van der Waals surface area contributed by atoms with E-state index >= 15 is 0 Å². The van der Waals surface area contributed by atoms with E-state index in [9.17, 15) is 0 Å². The van der Waals surface area contributed by atoms with Gasteiger partial charge in [-0.15, -0.1) is 0 Å². The lowest BCUT2D eigenvalue weighted by molar-refractivity contribution is 0.0770. The first-order valence-electron chi connectivity index (χ1n) is 5.85. The molecule has 0 fully saturated rings. The fourth-order valence-corrected chi connectivity index (χ4v) is 1.45. The van der Waals surface area contributed by atoms with Crippen molar-refractivity contribution < 1.29 is 4.74 Å². The zero-order valence-electron chi connectivity index (χ0n) is 10.2. The molecule has 0 amide bonds. The molecule has 3 N–H and O–H groups in total. The zero-order chi connectivity index (χ0) is 11.8. The van der Waals surface area contributed by atoms with Gasteiger partial charge in [0.05, 0.1) is 6.10 Å². The fourth-order valence-electron chi connectivity index (χ4n) is 1.45. The van der Waals surface area contributed by atoms with Crippen molar-refractivity contribution in [2.45, 2.75) is 32.9 Å². The second kappa shape index (κ2) is 7.25. The van der Waals surface area contributed by atoms with Crippen LogP contribution < -0.4 is 11.1 Å². The molecule has 0 saturated carbocycles. The second-order valence-corrected chi connectivity index (χ2v) is 4.19. The molecule has 0 spiro atoms. The van der Waals surface area contributed by atoms with Gasteiger partial charge in [0.1, 0.15) is 0 Å². The lowest BCUT2D eigenvalue weighted by atomic mass is 10.2. The number of nitrogen functional groups attached to an aromatic ring is 1. The number of rotatable bonds is 7. The van der Waals surface area contributed by atoms with Crippen LogP contribution in [0.15, 0.2) is 24.3 Å². The first kappa shape index (κ1) is 13.0. The van der Waals surface area contributed by atoms with Crippen LogP contribution in [0.2, 0.25) is 0 Å². The van der Waals surface area contributed by atoms with Crippen LogP contribution in [0.25, 0.3) is 0 Å². The Kier molecular flexibility index (Phi) is 5.90. The first-order valence-corrected chi connectivity index (χ1v) is 5.85. The smallest absolute Gasteiger partial charge is 0.0518 e. The molecular formula is C13H22N2O. The predicted octanol–water partition coefficient (Wildman–Crippen LogP) is 2.17. The molecule has 1 rings (SSSR count). The average Bonchev–Trinajstić information content (AvgIpc) is 2.23.